The molecule has 96 valence electrons. The monoisotopic (exact) mass is 260 g/mol. The third-order valence-electron chi connectivity index (χ3n) is 3.36. The fourth-order valence-corrected chi connectivity index (χ4v) is 2.57. The average Bonchev–Trinajstić information content (AvgIpc) is 2.84. The molecule has 0 aliphatic rings. The van der Waals surface area contributed by atoms with E-state index in [-0.39, 0.29) is 0 Å². The molecule has 0 saturated heterocycles. The highest BCUT2D eigenvalue weighted by atomic mass is 32.1. The van der Waals surface area contributed by atoms with Gasteiger partial charge in [0.2, 0.25) is 0 Å². The predicted octanol–water partition coefficient (Wildman–Crippen LogP) is 3.75. The van der Waals surface area contributed by atoms with E-state index >= 15 is 0 Å². The molecule has 1 aromatic heterocycles. The summed E-state index contributed by atoms with van der Waals surface area (Å²) in [6.07, 6.45) is 3.93. The molecular weight excluding hydrogens is 240 g/mol. The maximum absolute atomic E-state index is 4.47. The van der Waals surface area contributed by atoms with Gasteiger partial charge in [0.1, 0.15) is 5.82 Å². The van der Waals surface area contributed by atoms with Crippen LogP contribution in [0.2, 0.25) is 0 Å². The van der Waals surface area contributed by atoms with Crippen LogP contribution in [-0.4, -0.2) is 15.3 Å². The van der Waals surface area contributed by atoms with Crippen LogP contribution in [0.1, 0.15) is 13.8 Å². The Morgan fingerprint density at radius 2 is 1.94 bits per heavy atom. The van der Waals surface area contributed by atoms with Crippen LogP contribution >= 0.6 is 12.6 Å². The van der Waals surface area contributed by atoms with Gasteiger partial charge in [0.25, 0.3) is 0 Å². The summed E-state index contributed by atoms with van der Waals surface area (Å²) in [6, 6.07) is 10.3. The molecule has 1 atom stereocenters. The minimum absolute atomic E-state index is 0.574. The maximum Gasteiger partial charge on any atom is 0.139 e. The molecule has 1 heterocycles. The zero-order chi connectivity index (χ0) is 13.0. The molecule has 1 aromatic carbocycles. The van der Waals surface area contributed by atoms with Crippen LogP contribution in [0, 0.1) is 11.8 Å². The first-order chi connectivity index (χ1) is 8.72. The van der Waals surface area contributed by atoms with Crippen LogP contribution in [0.15, 0.2) is 42.7 Å². The van der Waals surface area contributed by atoms with Crippen molar-refractivity contribution in [3.05, 3.63) is 42.7 Å². The largest absolute Gasteiger partial charge is 0.331 e. The van der Waals surface area contributed by atoms with Gasteiger partial charge in [-0.1, -0.05) is 44.2 Å². The predicted molar refractivity (Wildman–Crippen MR) is 79.8 cm³/mol. The number of hydrogen-bond donors (Lipinski definition) is 1. The Morgan fingerprint density at radius 1 is 1.22 bits per heavy atom. The van der Waals surface area contributed by atoms with E-state index < -0.39 is 0 Å². The topological polar surface area (TPSA) is 17.8 Å². The highest BCUT2D eigenvalue weighted by Gasteiger charge is 2.14. The number of benzene rings is 1. The van der Waals surface area contributed by atoms with Gasteiger partial charge in [-0.15, -0.1) is 0 Å². The molecule has 0 radical (unpaired) electrons. The number of nitrogens with zero attached hydrogens (tertiary/aromatic N) is 2. The van der Waals surface area contributed by atoms with E-state index in [0.717, 1.165) is 18.1 Å². The summed E-state index contributed by atoms with van der Waals surface area (Å²) < 4.78 is 2.23. The number of rotatable bonds is 5. The Balaban J connectivity index is 2.23. The van der Waals surface area contributed by atoms with Crippen LogP contribution in [0.4, 0.5) is 0 Å². The van der Waals surface area contributed by atoms with Gasteiger partial charge >= 0.3 is 0 Å². The maximum atomic E-state index is 4.47. The van der Waals surface area contributed by atoms with Crippen molar-refractivity contribution in [3.63, 3.8) is 0 Å². The van der Waals surface area contributed by atoms with Gasteiger partial charge in [-0.05, 0) is 17.6 Å². The van der Waals surface area contributed by atoms with Crippen molar-refractivity contribution < 1.29 is 0 Å². The van der Waals surface area contributed by atoms with Crippen molar-refractivity contribution in [2.75, 3.05) is 5.75 Å². The summed E-state index contributed by atoms with van der Waals surface area (Å²) in [7, 11) is 0. The molecule has 3 heteroatoms. The second-order valence-corrected chi connectivity index (χ2v) is 5.32. The zero-order valence-electron chi connectivity index (χ0n) is 11.0. The van der Waals surface area contributed by atoms with Gasteiger partial charge in [0.05, 0.1) is 0 Å². The molecule has 0 fully saturated rings. The first kappa shape index (κ1) is 13.2. The van der Waals surface area contributed by atoms with Crippen LogP contribution in [-0.2, 0) is 6.54 Å². The van der Waals surface area contributed by atoms with Crippen molar-refractivity contribution in [2.24, 2.45) is 11.8 Å². The molecule has 0 bridgehead atoms. The van der Waals surface area contributed by atoms with Crippen molar-refractivity contribution in [1.82, 2.24) is 9.55 Å². The lowest BCUT2D eigenvalue weighted by molar-refractivity contribution is 0.374. The van der Waals surface area contributed by atoms with Crippen LogP contribution < -0.4 is 0 Å². The molecule has 2 nitrogen and oxygen atoms in total. The molecule has 0 spiro atoms. The molecule has 2 aromatic rings. The molecule has 2 rings (SSSR count). The lowest BCUT2D eigenvalue weighted by Gasteiger charge is -2.20. The summed E-state index contributed by atoms with van der Waals surface area (Å²) in [5.74, 6) is 3.16. The van der Waals surface area contributed by atoms with Gasteiger partial charge in [0.15, 0.2) is 0 Å². The molecular formula is C15H20N2S. The minimum Gasteiger partial charge on any atom is -0.331 e. The van der Waals surface area contributed by atoms with E-state index in [1.54, 1.807) is 0 Å². The fourth-order valence-electron chi connectivity index (χ4n) is 2.04. The van der Waals surface area contributed by atoms with Gasteiger partial charge < -0.3 is 4.57 Å². The summed E-state index contributed by atoms with van der Waals surface area (Å²) >= 11 is 4.45. The third kappa shape index (κ3) is 2.96. The molecule has 1 unspecified atom stereocenters. The Bertz CT molecular complexity index is 476. The number of imidazole rings is 1. The van der Waals surface area contributed by atoms with Crippen molar-refractivity contribution in [1.29, 1.82) is 0 Å². The van der Waals surface area contributed by atoms with Gasteiger partial charge in [-0.2, -0.15) is 12.6 Å². The summed E-state index contributed by atoms with van der Waals surface area (Å²) in [5, 5.41) is 0. The molecule has 0 aliphatic carbocycles. The SMILES string of the molecule is CC(C)C(CS)Cn1ccnc1-c1ccccc1. The fraction of sp³-hybridized carbons (Fsp3) is 0.400. The standard InChI is InChI=1S/C15H20N2S/c1-12(2)14(11-18)10-17-9-8-16-15(17)13-6-4-3-5-7-13/h3-9,12,14,18H,10-11H2,1-2H3. The summed E-state index contributed by atoms with van der Waals surface area (Å²) in [6.45, 7) is 5.48. The van der Waals surface area contributed by atoms with Gasteiger partial charge in [-0.25, -0.2) is 4.98 Å². The number of hydrogen-bond acceptors (Lipinski definition) is 2. The van der Waals surface area contributed by atoms with Crippen molar-refractivity contribution in [3.8, 4) is 11.4 Å². The summed E-state index contributed by atoms with van der Waals surface area (Å²) in [5.41, 5.74) is 1.17. The van der Waals surface area contributed by atoms with E-state index in [0.29, 0.717) is 11.8 Å². The first-order valence-electron chi connectivity index (χ1n) is 6.39. The van der Waals surface area contributed by atoms with E-state index in [1.165, 1.54) is 5.56 Å². The molecule has 0 saturated carbocycles. The smallest absolute Gasteiger partial charge is 0.139 e. The first-order valence-corrected chi connectivity index (χ1v) is 7.03. The van der Waals surface area contributed by atoms with Crippen LogP contribution in [0.5, 0.6) is 0 Å². The van der Waals surface area contributed by atoms with E-state index in [9.17, 15) is 0 Å². The zero-order valence-corrected chi connectivity index (χ0v) is 11.8. The summed E-state index contributed by atoms with van der Waals surface area (Å²) in [4.78, 5) is 4.47. The second kappa shape index (κ2) is 6.10. The highest BCUT2D eigenvalue weighted by Crippen LogP contribution is 2.21. The van der Waals surface area contributed by atoms with Crippen molar-refractivity contribution >= 4 is 12.6 Å². The Labute approximate surface area is 114 Å². The minimum atomic E-state index is 0.574. The second-order valence-electron chi connectivity index (χ2n) is 4.96. The van der Waals surface area contributed by atoms with Crippen molar-refractivity contribution in [2.45, 2.75) is 20.4 Å². The number of thiol groups is 1. The molecule has 18 heavy (non-hydrogen) atoms. The van der Waals surface area contributed by atoms with Gasteiger partial charge in [0, 0.05) is 24.5 Å². The van der Waals surface area contributed by atoms with E-state index in [2.05, 4.69) is 54.4 Å². The Kier molecular flexibility index (Phi) is 4.48. The number of aromatic nitrogens is 2. The van der Waals surface area contributed by atoms with Crippen LogP contribution in [0.25, 0.3) is 11.4 Å². The molecule has 0 aliphatic heterocycles. The van der Waals surface area contributed by atoms with E-state index in [4.69, 9.17) is 0 Å². The quantitative estimate of drug-likeness (QED) is 0.811. The third-order valence-corrected chi connectivity index (χ3v) is 3.83. The van der Waals surface area contributed by atoms with Crippen LogP contribution in [0.3, 0.4) is 0 Å². The molecule has 0 N–H and O–H groups in total. The highest BCUT2D eigenvalue weighted by molar-refractivity contribution is 7.80. The molecule has 0 amide bonds. The normalized spacial score (nSPS) is 12.9. The Morgan fingerprint density at radius 3 is 2.56 bits per heavy atom. The van der Waals surface area contributed by atoms with Gasteiger partial charge in [-0.3, -0.25) is 0 Å². The lowest BCUT2D eigenvalue weighted by Crippen LogP contribution is -2.18. The lowest BCUT2D eigenvalue weighted by atomic mass is 9.98. The average molecular weight is 260 g/mol. The van der Waals surface area contributed by atoms with E-state index in [1.807, 2.05) is 24.4 Å². The Hall–Kier alpha value is -1.22.